The van der Waals surface area contributed by atoms with E-state index in [9.17, 15) is 14.4 Å². The van der Waals surface area contributed by atoms with Crippen LogP contribution in [0, 0.1) is 0 Å². The van der Waals surface area contributed by atoms with E-state index < -0.39 is 11.9 Å². The van der Waals surface area contributed by atoms with Gasteiger partial charge in [-0.1, -0.05) is 36.4 Å². The molecule has 10 heteroatoms. The number of carbonyl (C=O) groups is 3. The van der Waals surface area contributed by atoms with Gasteiger partial charge in [0.15, 0.2) is 5.78 Å². The molecule has 38 heavy (non-hydrogen) atoms. The minimum absolute atomic E-state index is 0.0188. The largest absolute Gasteiger partial charge is 0.486 e. The van der Waals surface area contributed by atoms with E-state index in [1.54, 1.807) is 24.3 Å². The summed E-state index contributed by atoms with van der Waals surface area (Å²) in [4.78, 5) is 34.7. The van der Waals surface area contributed by atoms with E-state index in [-0.39, 0.29) is 32.0 Å². The molecule has 0 aliphatic heterocycles. The summed E-state index contributed by atoms with van der Waals surface area (Å²) < 4.78 is 32.1. The van der Waals surface area contributed by atoms with E-state index in [1.807, 2.05) is 30.3 Å². The molecule has 0 spiro atoms. The van der Waals surface area contributed by atoms with Gasteiger partial charge in [0.2, 0.25) is 0 Å². The standard InChI is InChI=1S/C28H36O10/c29-25(9-5-12-33-14-16-35-18-19-36-17-15-34-13-11-27(30)31)22-37-26-10-4-8-24(20-26)28(32)38-21-23-6-2-1-3-7-23/h1-4,6-8,10,20H,5,9,11-19,21-22H2,(H,30,31). The molecule has 0 unspecified atom stereocenters. The predicted octanol–water partition coefficient (Wildman–Crippen LogP) is 3.31. The summed E-state index contributed by atoms with van der Waals surface area (Å²) in [5.41, 5.74) is 1.26. The number of aliphatic carboxylic acids is 1. The van der Waals surface area contributed by atoms with Gasteiger partial charge in [-0.2, -0.15) is 0 Å². The topological polar surface area (TPSA) is 127 Å². The van der Waals surface area contributed by atoms with Crippen molar-refractivity contribution in [2.75, 3.05) is 59.5 Å². The van der Waals surface area contributed by atoms with Gasteiger partial charge >= 0.3 is 11.9 Å². The molecule has 10 nitrogen and oxygen atoms in total. The zero-order valence-electron chi connectivity index (χ0n) is 21.5. The second kappa shape index (κ2) is 19.8. The Morgan fingerprint density at radius 3 is 1.97 bits per heavy atom. The summed E-state index contributed by atoms with van der Waals surface area (Å²) in [6.45, 7) is 3.08. The van der Waals surface area contributed by atoms with Crippen molar-refractivity contribution in [1.82, 2.24) is 0 Å². The smallest absolute Gasteiger partial charge is 0.338 e. The molecule has 0 amide bonds. The Hall–Kier alpha value is -3.31. The molecular weight excluding hydrogens is 496 g/mol. The van der Waals surface area contributed by atoms with Crippen LogP contribution in [-0.2, 0) is 39.9 Å². The number of ether oxygens (including phenoxy) is 6. The zero-order valence-corrected chi connectivity index (χ0v) is 21.5. The molecule has 2 aromatic rings. The summed E-state index contributed by atoms with van der Waals surface area (Å²) >= 11 is 0. The van der Waals surface area contributed by atoms with E-state index in [0.717, 1.165) is 5.56 Å². The first kappa shape index (κ1) is 30.9. The van der Waals surface area contributed by atoms with Gasteiger partial charge in [-0.25, -0.2) is 4.79 Å². The third-order valence-corrected chi connectivity index (χ3v) is 5.00. The quantitative estimate of drug-likeness (QED) is 0.178. The Balaban J connectivity index is 1.44. The lowest BCUT2D eigenvalue weighted by Gasteiger charge is -2.09. The Kier molecular flexibility index (Phi) is 16.1. The van der Waals surface area contributed by atoms with Crippen molar-refractivity contribution in [1.29, 1.82) is 0 Å². The molecule has 0 atom stereocenters. The number of rotatable bonds is 22. The van der Waals surface area contributed by atoms with Crippen molar-refractivity contribution in [3.05, 3.63) is 65.7 Å². The van der Waals surface area contributed by atoms with Crippen LogP contribution in [0.2, 0.25) is 0 Å². The lowest BCUT2D eigenvalue weighted by atomic mass is 10.2. The van der Waals surface area contributed by atoms with Crippen molar-refractivity contribution in [3.63, 3.8) is 0 Å². The van der Waals surface area contributed by atoms with Crippen LogP contribution in [0.25, 0.3) is 0 Å². The van der Waals surface area contributed by atoms with E-state index in [2.05, 4.69) is 0 Å². The van der Waals surface area contributed by atoms with Crippen molar-refractivity contribution >= 4 is 17.7 Å². The summed E-state index contributed by atoms with van der Waals surface area (Å²) in [6, 6.07) is 16.0. The number of Topliss-reactive ketones (excluding diaryl/α,β-unsaturated/α-hetero) is 1. The van der Waals surface area contributed by atoms with Crippen LogP contribution in [0.15, 0.2) is 54.6 Å². The maximum Gasteiger partial charge on any atom is 0.338 e. The van der Waals surface area contributed by atoms with Gasteiger partial charge in [0, 0.05) is 13.0 Å². The summed E-state index contributed by atoms with van der Waals surface area (Å²) in [6.07, 6.45) is 0.871. The second-order valence-corrected chi connectivity index (χ2v) is 8.11. The molecule has 0 heterocycles. The van der Waals surface area contributed by atoms with E-state index in [1.165, 1.54) is 0 Å². The lowest BCUT2D eigenvalue weighted by Crippen LogP contribution is -2.14. The monoisotopic (exact) mass is 532 g/mol. The molecule has 0 saturated carbocycles. The van der Waals surface area contributed by atoms with Crippen molar-refractivity contribution in [3.8, 4) is 5.75 Å². The summed E-state index contributed by atoms with van der Waals surface area (Å²) in [7, 11) is 0. The first-order valence-electron chi connectivity index (χ1n) is 12.5. The minimum Gasteiger partial charge on any atom is -0.486 e. The highest BCUT2D eigenvalue weighted by Crippen LogP contribution is 2.15. The highest BCUT2D eigenvalue weighted by atomic mass is 16.6. The van der Waals surface area contributed by atoms with Crippen LogP contribution in [-0.4, -0.2) is 82.3 Å². The molecule has 1 N–H and O–H groups in total. The molecule has 0 radical (unpaired) electrons. The fraction of sp³-hybridized carbons (Fsp3) is 0.464. The van der Waals surface area contributed by atoms with E-state index in [0.29, 0.717) is 70.4 Å². The van der Waals surface area contributed by atoms with Crippen LogP contribution in [0.5, 0.6) is 5.75 Å². The average molecular weight is 533 g/mol. The first-order chi connectivity index (χ1) is 18.5. The Labute approximate surface area is 222 Å². The second-order valence-electron chi connectivity index (χ2n) is 8.11. The fourth-order valence-electron chi connectivity index (χ4n) is 3.05. The maximum atomic E-state index is 12.3. The third kappa shape index (κ3) is 15.1. The fourth-order valence-corrected chi connectivity index (χ4v) is 3.05. The Morgan fingerprint density at radius 2 is 1.32 bits per heavy atom. The Morgan fingerprint density at radius 1 is 0.684 bits per heavy atom. The molecule has 0 aliphatic carbocycles. The molecule has 208 valence electrons. The van der Waals surface area contributed by atoms with Crippen molar-refractivity contribution < 1.29 is 47.9 Å². The number of hydrogen-bond donors (Lipinski definition) is 1. The molecule has 0 bridgehead atoms. The van der Waals surface area contributed by atoms with E-state index >= 15 is 0 Å². The maximum absolute atomic E-state index is 12.3. The summed E-state index contributed by atoms with van der Waals surface area (Å²) in [5, 5.41) is 8.48. The van der Waals surface area contributed by atoms with Gasteiger partial charge in [0.25, 0.3) is 0 Å². The number of carbonyl (C=O) groups excluding carboxylic acids is 2. The van der Waals surface area contributed by atoms with Crippen LogP contribution in [0.4, 0.5) is 0 Å². The van der Waals surface area contributed by atoms with Crippen LogP contribution >= 0.6 is 0 Å². The zero-order chi connectivity index (χ0) is 27.3. The molecule has 0 aliphatic rings. The average Bonchev–Trinajstić information content (AvgIpc) is 2.93. The number of esters is 1. The van der Waals surface area contributed by atoms with Crippen LogP contribution < -0.4 is 4.74 Å². The number of ketones is 1. The minimum atomic E-state index is -0.888. The SMILES string of the molecule is O=C(O)CCOCCOCCOCCOCCCC(=O)COc1cccc(C(=O)OCc2ccccc2)c1. The number of carboxylic acid groups (broad SMARTS) is 1. The van der Waals surface area contributed by atoms with Gasteiger partial charge in [0.1, 0.15) is 19.0 Å². The van der Waals surface area contributed by atoms with Crippen LogP contribution in [0.3, 0.4) is 0 Å². The number of benzene rings is 2. The highest BCUT2D eigenvalue weighted by Gasteiger charge is 2.10. The molecular formula is C28H36O10. The van der Waals surface area contributed by atoms with Crippen molar-refractivity contribution in [2.45, 2.75) is 25.9 Å². The summed E-state index contributed by atoms with van der Waals surface area (Å²) in [5.74, 6) is -0.985. The molecule has 0 fully saturated rings. The van der Waals surface area contributed by atoms with Gasteiger partial charge in [-0.3, -0.25) is 9.59 Å². The lowest BCUT2D eigenvalue weighted by molar-refractivity contribution is -0.138. The molecule has 2 aromatic carbocycles. The van der Waals surface area contributed by atoms with Gasteiger partial charge in [-0.15, -0.1) is 0 Å². The van der Waals surface area contributed by atoms with Crippen LogP contribution in [0.1, 0.15) is 35.2 Å². The number of hydrogen-bond acceptors (Lipinski definition) is 9. The predicted molar refractivity (Wildman–Crippen MR) is 137 cm³/mol. The number of carboxylic acids is 1. The van der Waals surface area contributed by atoms with Gasteiger partial charge in [-0.05, 0) is 30.2 Å². The van der Waals surface area contributed by atoms with Crippen molar-refractivity contribution in [2.24, 2.45) is 0 Å². The molecule has 0 saturated heterocycles. The normalized spacial score (nSPS) is 10.7. The highest BCUT2D eigenvalue weighted by molar-refractivity contribution is 5.89. The van der Waals surface area contributed by atoms with E-state index in [4.69, 9.17) is 33.5 Å². The molecule has 2 rings (SSSR count). The third-order valence-electron chi connectivity index (χ3n) is 5.00. The van der Waals surface area contributed by atoms with Gasteiger partial charge in [0.05, 0.1) is 58.2 Å². The Bertz CT molecular complexity index is 948. The molecule has 0 aromatic heterocycles. The first-order valence-corrected chi connectivity index (χ1v) is 12.5. The van der Waals surface area contributed by atoms with Gasteiger partial charge < -0.3 is 33.5 Å².